The van der Waals surface area contributed by atoms with Crippen LogP contribution in [0.2, 0.25) is 0 Å². The Hall–Kier alpha value is -2.23. The molecule has 29 heavy (non-hydrogen) atoms. The molecule has 0 spiro atoms. The van der Waals surface area contributed by atoms with Crippen molar-refractivity contribution in [2.75, 3.05) is 26.2 Å². The average molecular weight is 438 g/mol. The number of benzene rings is 1. The van der Waals surface area contributed by atoms with Crippen molar-refractivity contribution < 1.29 is 18.0 Å². The van der Waals surface area contributed by atoms with Crippen LogP contribution in [0.4, 0.5) is 13.2 Å². The Kier molecular flexibility index (Phi) is 5.71. The number of thiazole rings is 1. The van der Waals surface area contributed by atoms with Crippen molar-refractivity contribution in [3.8, 4) is 9.88 Å². The molecule has 152 valence electrons. The van der Waals surface area contributed by atoms with E-state index >= 15 is 0 Å². The summed E-state index contributed by atoms with van der Waals surface area (Å²) < 4.78 is 38.0. The van der Waals surface area contributed by atoms with Gasteiger partial charge in [-0.05, 0) is 29.1 Å². The van der Waals surface area contributed by atoms with Crippen LogP contribution in [-0.2, 0) is 12.7 Å². The van der Waals surface area contributed by atoms with Crippen LogP contribution in [0.3, 0.4) is 0 Å². The Bertz CT molecular complexity index is 960. The molecule has 2 aromatic heterocycles. The highest BCUT2D eigenvalue weighted by Gasteiger charge is 2.30. The van der Waals surface area contributed by atoms with Gasteiger partial charge in [-0.1, -0.05) is 18.2 Å². The molecule has 3 aromatic rings. The van der Waals surface area contributed by atoms with Crippen LogP contribution in [0, 0.1) is 0 Å². The highest BCUT2D eigenvalue weighted by atomic mass is 32.1. The normalized spacial score (nSPS) is 15.6. The highest BCUT2D eigenvalue weighted by molar-refractivity contribution is 7.21. The third kappa shape index (κ3) is 4.68. The fraction of sp³-hybridized carbons (Fsp3) is 0.300. The topological polar surface area (TPSA) is 36.4 Å². The summed E-state index contributed by atoms with van der Waals surface area (Å²) in [7, 11) is 0. The lowest BCUT2D eigenvalue weighted by molar-refractivity contribution is -0.137. The summed E-state index contributed by atoms with van der Waals surface area (Å²) >= 11 is 3.00. The first-order valence-corrected chi connectivity index (χ1v) is 10.8. The van der Waals surface area contributed by atoms with E-state index in [4.69, 9.17) is 0 Å². The standard InChI is InChI=1S/C20H18F3N3OS2/c21-20(22,23)15-5-3-14(4-6-15)13-25-7-9-26(10-8-25)19(27)17-12-24-18(29-17)16-2-1-11-28-16/h1-6,11-12H,7-10,13H2. The molecular weight excluding hydrogens is 419 g/mol. The summed E-state index contributed by atoms with van der Waals surface area (Å²) in [6.07, 6.45) is -2.68. The molecule has 1 amide bonds. The fourth-order valence-corrected chi connectivity index (χ4v) is 4.90. The molecule has 1 aromatic carbocycles. The smallest absolute Gasteiger partial charge is 0.335 e. The van der Waals surface area contributed by atoms with E-state index in [1.165, 1.54) is 23.5 Å². The van der Waals surface area contributed by atoms with Gasteiger partial charge in [0.25, 0.3) is 5.91 Å². The first kappa shape index (κ1) is 20.1. The van der Waals surface area contributed by atoms with E-state index in [0.717, 1.165) is 27.6 Å². The summed E-state index contributed by atoms with van der Waals surface area (Å²) in [5.41, 5.74) is 0.198. The zero-order valence-electron chi connectivity index (χ0n) is 15.4. The molecule has 0 saturated carbocycles. The van der Waals surface area contributed by atoms with E-state index in [2.05, 4.69) is 9.88 Å². The maximum atomic E-state index is 12.8. The van der Waals surface area contributed by atoms with Crippen molar-refractivity contribution in [3.05, 3.63) is 64.0 Å². The third-order valence-electron chi connectivity index (χ3n) is 4.80. The number of rotatable bonds is 4. The molecule has 4 rings (SSSR count). The first-order chi connectivity index (χ1) is 13.9. The number of carbonyl (C=O) groups excluding carboxylic acids is 1. The lowest BCUT2D eigenvalue weighted by Crippen LogP contribution is -2.48. The van der Waals surface area contributed by atoms with Crippen LogP contribution in [0.5, 0.6) is 0 Å². The number of amides is 1. The minimum atomic E-state index is -4.31. The predicted octanol–water partition coefficient (Wildman–Crippen LogP) is 4.85. The molecule has 1 fully saturated rings. The monoisotopic (exact) mass is 437 g/mol. The van der Waals surface area contributed by atoms with Crippen LogP contribution >= 0.6 is 22.7 Å². The van der Waals surface area contributed by atoms with E-state index in [-0.39, 0.29) is 5.91 Å². The zero-order chi connectivity index (χ0) is 20.4. The fourth-order valence-electron chi connectivity index (χ4n) is 3.21. The van der Waals surface area contributed by atoms with Gasteiger partial charge in [0, 0.05) is 32.7 Å². The molecule has 0 aliphatic carbocycles. The number of thiophene rings is 1. The van der Waals surface area contributed by atoms with Crippen LogP contribution in [0.1, 0.15) is 20.8 Å². The van der Waals surface area contributed by atoms with Crippen molar-refractivity contribution in [1.29, 1.82) is 0 Å². The van der Waals surface area contributed by atoms with Crippen molar-refractivity contribution in [2.24, 2.45) is 0 Å². The van der Waals surface area contributed by atoms with E-state index < -0.39 is 11.7 Å². The molecule has 4 nitrogen and oxygen atoms in total. The number of piperazine rings is 1. The van der Waals surface area contributed by atoms with Gasteiger partial charge >= 0.3 is 6.18 Å². The third-order valence-corrected chi connectivity index (χ3v) is 6.82. The Morgan fingerprint density at radius 2 is 1.79 bits per heavy atom. The van der Waals surface area contributed by atoms with Crippen LogP contribution in [0.15, 0.2) is 48.0 Å². The summed E-state index contributed by atoms with van der Waals surface area (Å²) in [5, 5.41) is 2.83. The van der Waals surface area contributed by atoms with Gasteiger partial charge in [-0.2, -0.15) is 13.2 Å². The number of hydrogen-bond donors (Lipinski definition) is 0. The van der Waals surface area contributed by atoms with E-state index in [1.54, 1.807) is 17.5 Å². The molecule has 0 unspecified atom stereocenters. The van der Waals surface area contributed by atoms with Crippen molar-refractivity contribution >= 4 is 28.6 Å². The summed E-state index contributed by atoms with van der Waals surface area (Å²) in [6.45, 7) is 3.12. The van der Waals surface area contributed by atoms with E-state index in [0.29, 0.717) is 37.6 Å². The SMILES string of the molecule is O=C(c1cnc(-c2cccs2)s1)N1CCN(Cc2ccc(C(F)(F)F)cc2)CC1. The van der Waals surface area contributed by atoms with Gasteiger partial charge in [-0.15, -0.1) is 22.7 Å². The minimum absolute atomic E-state index is 0.0144. The van der Waals surface area contributed by atoms with Gasteiger partial charge in [-0.3, -0.25) is 9.69 Å². The maximum Gasteiger partial charge on any atom is 0.416 e. The summed E-state index contributed by atoms with van der Waals surface area (Å²) in [4.78, 5) is 22.8. The zero-order valence-corrected chi connectivity index (χ0v) is 17.0. The Morgan fingerprint density at radius 3 is 2.41 bits per heavy atom. The average Bonchev–Trinajstić information content (AvgIpc) is 3.39. The number of halogens is 3. The van der Waals surface area contributed by atoms with Gasteiger partial charge in [0.1, 0.15) is 9.88 Å². The molecule has 3 heterocycles. The molecular formula is C20H18F3N3OS2. The van der Waals surface area contributed by atoms with Crippen molar-refractivity contribution in [2.45, 2.75) is 12.7 Å². The molecule has 0 N–H and O–H groups in total. The Balaban J connectivity index is 1.32. The molecule has 1 aliphatic rings. The Morgan fingerprint density at radius 1 is 1.07 bits per heavy atom. The number of aromatic nitrogens is 1. The van der Waals surface area contributed by atoms with E-state index in [9.17, 15) is 18.0 Å². The van der Waals surface area contributed by atoms with Crippen LogP contribution in [0.25, 0.3) is 9.88 Å². The minimum Gasteiger partial charge on any atom is -0.335 e. The van der Waals surface area contributed by atoms with Gasteiger partial charge < -0.3 is 4.90 Å². The van der Waals surface area contributed by atoms with Gasteiger partial charge in [0.05, 0.1) is 16.6 Å². The first-order valence-electron chi connectivity index (χ1n) is 9.07. The second kappa shape index (κ2) is 8.25. The summed E-state index contributed by atoms with van der Waals surface area (Å²) in [5.74, 6) is -0.0144. The molecule has 0 bridgehead atoms. The van der Waals surface area contributed by atoms with Gasteiger partial charge in [0.15, 0.2) is 0 Å². The second-order valence-corrected chi connectivity index (χ2v) is 8.75. The largest absolute Gasteiger partial charge is 0.416 e. The maximum absolute atomic E-state index is 12.8. The number of nitrogens with zero attached hydrogens (tertiary/aromatic N) is 3. The van der Waals surface area contributed by atoms with Crippen molar-refractivity contribution in [3.63, 3.8) is 0 Å². The van der Waals surface area contributed by atoms with Gasteiger partial charge in [-0.25, -0.2) is 4.98 Å². The Labute approximate surface area is 174 Å². The summed E-state index contributed by atoms with van der Waals surface area (Å²) in [6, 6.07) is 9.21. The van der Waals surface area contributed by atoms with Gasteiger partial charge in [0.2, 0.25) is 0 Å². The highest BCUT2D eigenvalue weighted by Crippen LogP contribution is 2.30. The number of hydrogen-bond acceptors (Lipinski definition) is 5. The molecule has 1 aliphatic heterocycles. The quantitative estimate of drug-likeness (QED) is 0.586. The number of alkyl halides is 3. The van der Waals surface area contributed by atoms with Crippen LogP contribution < -0.4 is 0 Å². The van der Waals surface area contributed by atoms with Crippen molar-refractivity contribution in [1.82, 2.24) is 14.8 Å². The lowest BCUT2D eigenvalue weighted by atomic mass is 10.1. The molecule has 1 saturated heterocycles. The predicted molar refractivity (Wildman–Crippen MR) is 108 cm³/mol. The lowest BCUT2D eigenvalue weighted by Gasteiger charge is -2.34. The molecule has 0 radical (unpaired) electrons. The molecule has 9 heteroatoms. The number of carbonyl (C=O) groups is 1. The molecule has 0 atom stereocenters. The van der Waals surface area contributed by atoms with E-state index in [1.807, 2.05) is 22.4 Å². The second-order valence-electron chi connectivity index (χ2n) is 6.77. The van der Waals surface area contributed by atoms with Crippen LogP contribution in [-0.4, -0.2) is 46.9 Å².